The summed E-state index contributed by atoms with van der Waals surface area (Å²) in [7, 11) is 2.98. The number of carboxylic acid groups (broad SMARTS) is 1. The molecule has 2 aliphatic heterocycles. The number of nitrogens with one attached hydrogen (secondary N) is 2. The van der Waals surface area contributed by atoms with Crippen molar-refractivity contribution >= 4 is 103 Å². The fourth-order valence-corrected chi connectivity index (χ4v) is 13.1. The average molecular weight is 1670 g/mol. The van der Waals surface area contributed by atoms with Gasteiger partial charge in [-0.05, 0) is 118 Å². The molecule has 40 heteroatoms. The number of rotatable bonds is 19. The van der Waals surface area contributed by atoms with E-state index in [4.69, 9.17) is 40.5 Å². The second-order valence-corrected chi connectivity index (χ2v) is 26.7. The van der Waals surface area contributed by atoms with Crippen molar-refractivity contribution in [1.29, 1.82) is 5.26 Å². The van der Waals surface area contributed by atoms with E-state index in [-0.39, 0.29) is 101 Å². The van der Waals surface area contributed by atoms with Crippen LogP contribution >= 0.6 is 11.6 Å². The maximum absolute atomic E-state index is 15.8. The molecule has 10 aromatic rings. The fourth-order valence-electron chi connectivity index (χ4n) is 13.0. The van der Waals surface area contributed by atoms with E-state index in [2.05, 4.69) is 40.0 Å². The smallest absolute Gasteiger partial charge is 0.480 e. The highest BCUT2D eigenvalue weighted by molar-refractivity contribution is 6.19. The van der Waals surface area contributed by atoms with Gasteiger partial charge in [0.2, 0.25) is 6.29 Å². The van der Waals surface area contributed by atoms with Gasteiger partial charge in [-0.15, -0.1) is 0 Å². The van der Waals surface area contributed by atoms with Crippen LogP contribution in [0.5, 0.6) is 0 Å². The number of esters is 1. The lowest BCUT2D eigenvalue weighted by Gasteiger charge is -2.38. The van der Waals surface area contributed by atoms with Gasteiger partial charge in [0.15, 0.2) is 5.56 Å². The molecule has 624 valence electrons. The van der Waals surface area contributed by atoms with Gasteiger partial charge in [0.1, 0.15) is 35.8 Å². The summed E-state index contributed by atoms with van der Waals surface area (Å²) in [6.07, 6.45) is -4.83. The Hall–Kier alpha value is -13.0. The number of pyridine rings is 4. The first-order valence-corrected chi connectivity index (χ1v) is 36.3. The van der Waals surface area contributed by atoms with E-state index in [0.717, 1.165) is 31.1 Å². The number of aryl methyl sites for hydroxylation is 4. The van der Waals surface area contributed by atoms with Crippen molar-refractivity contribution < 1.29 is 102 Å². The summed E-state index contributed by atoms with van der Waals surface area (Å²) in [4.78, 5) is 148. The minimum absolute atomic E-state index is 0.00115. The van der Waals surface area contributed by atoms with Gasteiger partial charge in [-0.25, -0.2) is 46.7 Å². The van der Waals surface area contributed by atoms with Gasteiger partial charge >= 0.3 is 48.0 Å². The number of nitrogens with zero attached hydrogens (tertiary/aromatic N) is 11. The molecule has 3 N–H and O–H groups in total. The van der Waals surface area contributed by atoms with Gasteiger partial charge in [-0.2, -0.15) is 31.6 Å². The summed E-state index contributed by atoms with van der Waals surface area (Å²) in [6.45, 7) is 8.70. The number of carboxylic acids is 1. The normalized spacial score (nSPS) is 15.1. The van der Waals surface area contributed by atoms with Crippen molar-refractivity contribution in [3.8, 4) is 17.4 Å². The van der Waals surface area contributed by atoms with Gasteiger partial charge < -0.3 is 58.7 Å². The molecule has 2 saturated heterocycles. The maximum atomic E-state index is 15.8. The van der Waals surface area contributed by atoms with E-state index in [1.165, 1.54) is 144 Å². The third-order valence-corrected chi connectivity index (χ3v) is 18.4. The number of aliphatic carboxylic acids is 1. The third-order valence-electron chi connectivity index (χ3n) is 18.3. The number of halogens is 9. The molecule has 31 nitrogen and oxygen atoms in total. The number of aromatic nitrogens is 8. The van der Waals surface area contributed by atoms with Crippen molar-refractivity contribution in [2.45, 2.75) is 110 Å². The number of carbonyl (C=O) groups is 6. The number of alkyl halides is 7. The number of amides is 2. The first-order chi connectivity index (χ1) is 55.9. The number of fused-ring (bicyclic) bond motifs is 4. The molecule has 6 aromatic heterocycles. The quantitative estimate of drug-likeness (QED) is 0.0223. The topological polar surface area (TPSA) is 381 Å². The number of hydrogen-bond acceptors (Lipinski definition) is 24. The van der Waals surface area contributed by atoms with Crippen LogP contribution in [0.3, 0.4) is 0 Å². The molecule has 8 heterocycles. The number of hydrogen-bond donors (Lipinski definition) is 3. The number of carbonyl (C=O) groups excluding carboxylic acids is 5. The Labute approximate surface area is 668 Å². The number of morpholine rings is 2. The van der Waals surface area contributed by atoms with Gasteiger partial charge in [-0.3, -0.25) is 48.2 Å². The molecule has 2 fully saturated rings. The highest BCUT2D eigenvalue weighted by Crippen LogP contribution is 2.36. The van der Waals surface area contributed by atoms with Gasteiger partial charge in [0.05, 0.1) is 113 Å². The van der Waals surface area contributed by atoms with Crippen LogP contribution in [0.1, 0.15) is 77.6 Å². The number of nitriles is 1. The van der Waals surface area contributed by atoms with E-state index in [1.54, 1.807) is 44.2 Å². The first-order valence-electron chi connectivity index (χ1n) is 35.9. The van der Waals surface area contributed by atoms with Crippen LogP contribution in [0.15, 0.2) is 141 Å². The Morgan fingerprint density at radius 3 is 1.41 bits per heavy atom. The van der Waals surface area contributed by atoms with Gasteiger partial charge in [0.25, 0.3) is 22.9 Å². The summed E-state index contributed by atoms with van der Waals surface area (Å²) in [5.41, 5.74) is -2.50. The number of ether oxygens (including phenoxy) is 7. The number of benzene rings is 4. The molecule has 4 aromatic carbocycles. The van der Waals surface area contributed by atoms with Gasteiger partial charge in [0, 0.05) is 101 Å². The summed E-state index contributed by atoms with van der Waals surface area (Å²) in [6, 6.07) is 13.9. The second kappa shape index (κ2) is 38.7. The molecule has 0 saturated carbocycles. The third kappa shape index (κ3) is 20.5. The Kier molecular flexibility index (Phi) is 29.2. The van der Waals surface area contributed by atoms with Crippen LogP contribution in [0.25, 0.3) is 55.0 Å². The van der Waals surface area contributed by atoms with Crippen LogP contribution in [0.2, 0.25) is 0 Å². The predicted octanol–water partition coefficient (Wildman–Crippen LogP) is 9.80. The minimum Gasteiger partial charge on any atom is -0.480 e. The van der Waals surface area contributed by atoms with E-state index in [9.17, 15) is 79.4 Å². The lowest BCUT2D eigenvalue weighted by Crippen LogP contribution is -2.53. The van der Waals surface area contributed by atoms with Crippen LogP contribution in [-0.4, -0.2) is 180 Å². The molecular weight excluding hydrogens is 1590 g/mol. The van der Waals surface area contributed by atoms with Crippen LogP contribution < -0.4 is 42.9 Å². The van der Waals surface area contributed by atoms with Crippen LogP contribution in [0.4, 0.5) is 56.1 Å². The molecule has 2 amide bonds. The summed E-state index contributed by atoms with van der Waals surface area (Å²) >= 11 is 5.29. The predicted molar refractivity (Wildman–Crippen MR) is 410 cm³/mol. The van der Waals surface area contributed by atoms with Crippen LogP contribution in [0, 0.1) is 36.8 Å². The first kappa shape index (κ1) is 89.0. The lowest BCUT2D eigenvalue weighted by molar-refractivity contribution is -0.170. The molecule has 2 unspecified atom stereocenters. The van der Waals surface area contributed by atoms with Crippen molar-refractivity contribution in [2.24, 2.45) is 14.1 Å². The molecular formula is C78H76ClF8N13O18. The zero-order valence-corrected chi connectivity index (χ0v) is 65.0. The Morgan fingerprint density at radius 2 is 1.02 bits per heavy atom. The zero-order valence-electron chi connectivity index (χ0n) is 64.3. The Bertz CT molecular complexity index is 5710. The fraction of sp³-hybridized carbons (Fsp3) is 0.346. The maximum Gasteiger partial charge on any atom is 0.511 e. The molecule has 0 spiro atoms. The monoisotopic (exact) mass is 1670 g/mol. The summed E-state index contributed by atoms with van der Waals surface area (Å²) < 4.78 is 152. The molecule has 0 radical (unpaired) electrons. The average Bonchev–Trinajstić information content (AvgIpc) is 0.747. The zero-order chi connectivity index (χ0) is 86.4. The molecule has 118 heavy (non-hydrogen) atoms. The number of anilines is 2. The minimum atomic E-state index is -4.68. The van der Waals surface area contributed by atoms with E-state index < -0.39 is 143 Å². The molecule has 6 atom stereocenters. The van der Waals surface area contributed by atoms with E-state index >= 15 is 8.78 Å². The molecule has 12 rings (SSSR count). The standard InChI is InChI=1S/C38H36F4N6O9.C33H28F4N6O6.C5H9ClO3.C2H3N/c1-5-55-37(53)57-21(3)56-35(51)27(45-33(49)31-20(2)15-23(17-26(31)39)47-13-14-54-19-30(47)38(40,41)42)16-22-8-9-28(32-24(22)7-6-11-44-32)48-34(50)25-10-12-43-18-29(25)46(4)36(48)52;1-17-12-19(42-10-11-49-16-26(42)33(35,36)37)14-22(34)27(17)29(44)40-23(31(46)47)13-18-5-6-24(28-20(18)4-3-8-39-28)43-30(45)21-7-9-38-15-25(21)41(2)32(43)48;1-3-8-5(7)9-4(2)6;1-2-3/h6-12,15,17-18,21,27,30H,5,13-14,16,19H2,1-4H3,(H,45,49);3-9,12,14-15,23,26H,10-11,13,16H2,1-2H3,(H,40,44)(H,46,47);4H,3H2,1-2H3;1H3/t21?,27-,30+;23-,26+;;/m00../s1. The van der Waals surface area contributed by atoms with Crippen molar-refractivity contribution in [2.75, 3.05) is 62.5 Å². The Balaban J connectivity index is 0.000000238. The van der Waals surface area contributed by atoms with Crippen molar-refractivity contribution in [3.05, 3.63) is 209 Å². The molecule has 0 aliphatic carbocycles. The van der Waals surface area contributed by atoms with Gasteiger partial charge in [-0.1, -0.05) is 35.9 Å². The summed E-state index contributed by atoms with van der Waals surface area (Å²) in [5.74, 6) is -7.03. The SMILES string of the molecule is CC#N.CCOC(=O)OC(C)Cl.CCOC(=O)OC(C)OC(=O)[C@H](Cc1ccc(-n2c(=O)c3ccncc3n(C)c2=O)c2ncccc12)NC(=O)c1c(C)cc(N2CCOC[C@@H]2C(F)(F)F)cc1F.Cc1cc(N2CCOC[C@@H]2C(F)(F)F)cc(F)c1C(=O)N[C@@H](Cc1ccc(-n2c(=O)c3ccncc3n(C)c2=O)c2ncccc12)C(=O)O. The largest absolute Gasteiger partial charge is 0.511 e. The highest BCUT2D eigenvalue weighted by Gasteiger charge is 2.47. The van der Waals surface area contributed by atoms with Crippen LogP contribution in [-0.2, 0) is 69.7 Å². The summed E-state index contributed by atoms with van der Waals surface area (Å²) in [5, 5.41) is 23.4. The Morgan fingerprint density at radius 1 is 0.610 bits per heavy atom. The molecule has 0 bridgehead atoms. The van der Waals surface area contributed by atoms with E-state index in [0.29, 0.717) is 39.5 Å². The molecule has 2 aliphatic rings. The van der Waals surface area contributed by atoms with Crippen molar-refractivity contribution in [1.82, 2.24) is 48.8 Å². The second-order valence-electron chi connectivity index (χ2n) is 26.1. The van der Waals surface area contributed by atoms with Crippen molar-refractivity contribution in [3.63, 3.8) is 0 Å². The lowest BCUT2D eigenvalue weighted by atomic mass is 9.99. The van der Waals surface area contributed by atoms with E-state index in [1.807, 2.05) is 0 Å². The highest BCUT2D eigenvalue weighted by atomic mass is 35.5.